The van der Waals surface area contributed by atoms with E-state index in [-0.39, 0.29) is 31.3 Å². The lowest BCUT2D eigenvalue weighted by Gasteiger charge is -2.19. The van der Waals surface area contributed by atoms with Crippen LogP contribution in [-0.2, 0) is 16.1 Å². The molecule has 9 nitrogen and oxygen atoms in total. The Morgan fingerprint density at radius 3 is 2.30 bits per heavy atom. The molecule has 33 heavy (non-hydrogen) atoms. The molecule has 178 valence electrons. The third kappa shape index (κ3) is 8.72. The van der Waals surface area contributed by atoms with Gasteiger partial charge < -0.3 is 30.2 Å². The Bertz CT molecular complexity index is 984. The Morgan fingerprint density at radius 2 is 1.64 bits per heavy atom. The average molecular weight is 458 g/mol. The number of amides is 3. The van der Waals surface area contributed by atoms with E-state index in [1.165, 1.54) is 14.2 Å². The molecule has 0 aliphatic heterocycles. The molecule has 0 spiro atoms. The highest BCUT2D eigenvalue weighted by Crippen LogP contribution is 2.27. The molecule has 0 fully saturated rings. The second kappa shape index (κ2) is 11.8. The van der Waals surface area contributed by atoms with Gasteiger partial charge in [0.15, 0.2) is 11.5 Å². The molecule has 0 aromatic heterocycles. The topological polar surface area (TPSA) is 115 Å². The van der Waals surface area contributed by atoms with Crippen LogP contribution in [0.5, 0.6) is 11.5 Å². The molecule has 0 aliphatic rings. The number of rotatable bonds is 9. The minimum atomic E-state index is -0.596. The maximum Gasteiger partial charge on any atom is 0.407 e. The fourth-order valence-corrected chi connectivity index (χ4v) is 2.84. The maximum atomic E-state index is 12.5. The summed E-state index contributed by atoms with van der Waals surface area (Å²) in [5.41, 5.74) is 1.25. The first-order valence-electron chi connectivity index (χ1n) is 10.5. The molecule has 0 bridgehead atoms. The third-order valence-electron chi connectivity index (χ3n) is 4.33. The number of carbonyl (C=O) groups excluding carboxylic acids is 3. The minimum Gasteiger partial charge on any atom is -0.493 e. The van der Waals surface area contributed by atoms with Crippen LogP contribution in [0, 0.1) is 0 Å². The predicted octanol–water partition coefficient (Wildman–Crippen LogP) is 3.49. The zero-order chi connectivity index (χ0) is 24.4. The number of methoxy groups -OCH3 is 2. The van der Waals surface area contributed by atoms with Crippen LogP contribution in [0.15, 0.2) is 42.5 Å². The van der Waals surface area contributed by atoms with E-state index in [4.69, 9.17) is 14.2 Å². The number of anilines is 1. The van der Waals surface area contributed by atoms with Crippen molar-refractivity contribution in [3.05, 3.63) is 53.6 Å². The van der Waals surface area contributed by atoms with Crippen molar-refractivity contribution in [1.82, 2.24) is 10.6 Å². The van der Waals surface area contributed by atoms with E-state index in [1.807, 2.05) is 6.07 Å². The summed E-state index contributed by atoms with van der Waals surface area (Å²) in [6.07, 6.45) is -0.470. The number of hydrogen-bond acceptors (Lipinski definition) is 6. The van der Waals surface area contributed by atoms with Crippen molar-refractivity contribution in [2.75, 3.05) is 26.1 Å². The number of carbonyl (C=O) groups is 3. The molecule has 2 rings (SSSR count). The zero-order valence-corrected chi connectivity index (χ0v) is 19.6. The van der Waals surface area contributed by atoms with Gasteiger partial charge in [-0.15, -0.1) is 0 Å². The van der Waals surface area contributed by atoms with E-state index in [0.717, 1.165) is 5.56 Å². The number of ether oxygens (including phenoxy) is 3. The van der Waals surface area contributed by atoms with Crippen LogP contribution in [0.2, 0.25) is 0 Å². The first kappa shape index (κ1) is 25.5. The molecule has 0 saturated carbocycles. The molecule has 0 saturated heterocycles. The standard InChI is InChI=1S/C24H31N3O6/c1-24(2,3)33-23(30)25-12-11-21(28)27-18-8-6-7-16(13-18)15-26-22(29)17-9-10-19(31-4)20(14-17)32-5/h6-10,13-14H,11-12,15H2,1-5H3,(H,25,30)(H,26,29)(H,27,28). The second-order valence-electron chi connectivity index (χ2n) is 8.18. The number of benzene rings is 2. The fraction of sp³-hybridized carbons (Fsp3) is 0.375. The molecule has 0 heterocycles. The van der Waals surface area contributed by atoms with E-state index in [2.05, 4.69) is 16.0 Å². The predicted molar refractivity (Wildman–Crippen MR) is 125 cm³/mol. The largest absolute Gasteiger partial charge is 0.493 e. The van der Waals surface area contributed by atoms with Crippen LogP contribution in [0.4, 0.5) is 10.5 Å². The van der Waals surface area contributed by atoms with Crippen molar-refractivity contribution in [3.8, 4) is 11.5 Å². The van der Waals surface area contributed by atoms with E-state index >= 15 is 0 Å². The lowest BCUT2D eigenvalue weighted by molar-refractivity contribution is -0.116. The molecule has 0 atom stereocenters. The summed E-state index contributed by atoms with van der Waals surface area (Å²) in [6.45, 7) is 5.73. The highest BCUT2D eigenvalue weighted by Gasteiger charge is 2.16. The maximum absolute atomic E-state index is 12.5. The summed E-state index contributed by atoms with van der Waals surface area (Å²) in [5.74, 6) is 0.492. The fourth-order valence-electron chi connectivity index (χ4n) is 2.84. The van der Waals surface area contributed by atoms with Gasteiger partial charge in [0.25, 0.3) is 5.91 Å². The number of nitrogens with one attached hydrogen (secondary N) is 3. The van der Waals surface area contributed by atoms with E-state index < -0.39 is 11.7 Å². The summed E-state index contributed by atoms with van der Waals surface area (Å²) in [7, 11) is 3.04. The molecule has 3 N–H and O–H groups in total. The van der Waals surface area contributed by atoms with Gasteiger partial charge >= 0.3 is 6.09 Å². The van der Waals surface area contributed by atoms with Gasteiger partial charge in [0.1, 0.15) is 5.60 Å². The van der Waals surface area contributed by atoms with Crippen molar-refractivity contribution < 1.29 is 28.6 Å². The molecular weight excluding hydrogens is 426 g/mol. The number of hydrogen-bond donors (Lipinski definition) is 3. The molecule has 3 amide bonds. The normalized spacial score (nSPS) is 10.7. The van der Waals surface area contributed by atoms with Gasteiger partial charge in [-0.3, -0.25) is 9.59 Å². The van der Waals surface area contributed by atoms with Gasteiger partial charge in [0, 0.05) is 30.8 Å². The Kier molecular flexibility index (Phi) is 9.08. The summed E-state index contributed by atoms with van der Waals surface area (Å²) in [4.78, 5) is 36.3. The van der Waals surface area contributed by atoms with Gasteiger partial charge in [0.2, 0.25) is 5.91 Å². The van der Waals surface area contributed by atoms with Gasteiger partial charge in [-0.05, 0) is 56.7 Å². The quantitative estimate of drug-likeness (QED) is 0.531. The highest BCUT2D eigenvalue weighted by atomic mass is 16.6. The summed E-state index contributed by atoms with van der Waals surface area (Å²) >= 11 is 0. The minimum absolute atomic E-state index is 0.0967. The Morgan fingerprint density at radius 1 is 0.909 bits per heavy atom. The van der Waals surface area contributed by atoms with Crippen LogP contribution < -0.4 is 25.4 Å². The lowest BCUT2D eigenvalue weighted by Crippen LogP contribution is -2.34. The zero-order valence-electron chi connectivity index (χ0n) is 19.6. The Balaban J connectivity index is 1.85. The smallest absolute Gasteiger partial charge is 0.407 e. The molecule has 0 unspecified atom stereocenters. The first-order valence-corrected chi connectivity index (χ1v) is 10.5. The average Bonchev–Trinajstić information content (AvgIpc) is 2.76. The van der Waals surface area contributed by atoms with Crippen molar-refractivity contribution in [3.63, 3.8) is 0 Å². The first-order chi connectivity index (χ1) is 15.6. The summed E-state index contributed by atoms with van der Waals surface area (Å²) < 4.78 is 15.5. The van der Waals surface area contributed by atoms with Crippen molar-refractivity contribution >= 4 is 23.6 Å². The van der Waals surface area contributed by atoms with Crippen molar-refractivity contribution in [1.29, 1.82) is 0 Å². The molecule has 2 aromatic rings. The van der Waals surface area contributed by atoms with E-state index in [9.17, 15) is 14.4 Å². The van der Waals surface area contributed by atoms with Crippen molar-refractivity contribution in [2.24, 2.45) is 0 Å². The molecule has 9 heteroatoms. The van der Waals surface area contributed by atoms with Gasteiger partial charge in [-0.2, -0.15) is 0 Å². The van der Waals surface area contributed by atoms with Crippen molar-refractivity contribution in [2.45, 2.75) is 39.3 Å². The Hall–Kier alpha value is -3.75. The van der Waals surface area contributed by atoms with Crippen LogP contribution in [-0.4, -0.2) is 44.3 Å². The lowest BCUT2D eigenvalue weighted by atomic mass is 10.1. The second-order valence-corrected chi connectivity index (χ2v) is 8.18. The van der Waals surface area contributed by atoms with Gasteiger partial charge in [-0.1, -0.05) is 12.1 Å². The van der Waals surface area contributed by atoms with Crippen LogP contribution in [0.25, 0.3) is 0 Å². The molecular formula is C24H31N3O6. The number of alkyl carbamates (subject to hydrolysis) is 1. The Labute approximate surface area is 193 Å². The monoisotopic (exact) mass is 457 g/mol. The SMILES string of the molecule is COc1ccc(C(=O)NCc2cccc(NC(=O)CCNC(=O)OC(C)(C)C)c2)cc1OC. The van der Waals surface area contributed by atoms with E-state index in [0.29, 0.717) is 22.7 Å². The highest BCUT2D eigenvalue weighted by molar-refractivity contribution is 5.95. The third-order valence-corrected chi connectivity index (χ3v) is 4.33. The van der Waals surface area contributed by atoms with Crippen LogP contribution in [0.1, 0.15) is 43.1 Å². The van der Waals surface area contributed by atoms with Crippen LogP contribution in [0.3, 0.4) is 0 Å². The van der Waals surface area contributed by atoms with Gasteiger partial charge in [0.05, 0.1) is 14.2 Å². The van der Waals surface area contributed by atoms with E-state index in [1.54, 1.807) is 57.2 Å². The van der Waals surface area contributed by atoms with Gasteiger partial charge in [-0.25, -0.2) is 4.79 Å². The summed E-state index contributed by atoms with van der Waals surface area (Å²) in [6, 6.07) is 12.1. The molecule has 0 radical (unpaired) electrons. The summed E-state index contributed by atoms with van der Waals surface area (Å²) in [5, 5.41) is 8.16. The van der Waals surface area contributed by atoms with Crippen LogP contribution >= 0.6 is 0 Å². The molecule has 2 aromatic carbocycles. The molecule has 0 aliphatic carbocycles.